The molecule has 0 amide bonds. The number of carbonyl (C=O) groups is 1. The van der Waals surface area contributed by atoms with E-state index in [1.807, 2.05) is 20.8 Å². The molecule has 0 unspecified atom stereocenters. The molecular formula is C12H21N3O4S. The van der Waals surface area contributed by atoms with Crippen molar-refractivity contribution in [1.29, 1.82) is 0 Å². The van der Waals surface area contributed by atoms with Gasteiger partial charge in [0.2, 0.25) is 0 Å². The van der Waals surface area contributed by atoms with E-state index >= 15 is 0 Å². The first-order chi connectivity index (χ1) is 9.17. The molecule has 1 heterocycles. The first-order valence-electron chi connectivity index (χ1n) is 6.46. The second-order valence-electron chi connectivity index (χ2n) is 5.05. The smallest absolute Gasteiger partial charge is 0.321 e. The van der Waals surface area contributed by atoms with Gasteiger partial charge in [0, 0.05) is 12.7 Å². The van der Waals surface area contributed by atoms with E-state index in [9.17, 15) is 13.2 Å². The molecule has 114 valence electrons. The van der Waals surface area contributed by atoms with Crippen LogP contribution in [0.2, 0.25) is 0 Å². The zero-order valence-corrected chi connectivity index (χ0v) is 12.9. The van der Waals surface area contributed by atoms with Gasteiger partial charge >= 0.3 is 5.97 Å². The van der Waals surface area contributed by atoms with Gasteiger partial charge in [-0.2, -0.15) is 4.72 Å². The number of aliphatic carboxylic acids is 1. The van der Waals surface area contributed by atoms with E-state index < -0.39 is 22.0 Å². The lowest BCUT2D eigenvalue weighted by Gasteiger charge is -2.15. The second-order valence-corrected chi connectivity index (χ2v) is 6.71. The summed E-state index contributed by atoms with van der Waals surface area (Å²) in [4.78, 5) is 15.1. The lowest BCUT2D eigenvalue weighted by Crippen LogP contribution is -2.41. The average molecular weight is 303 g/mol. The van der Waals surface area contributed by atoms with E-state index in [0.717, 1.165) is 0 Å². The van der Waals surface area contributed by atoms with Crippen LogP contribution >= 0.6 is 0 Å². The third-order valence-electron chi connectivity index (χ3n) is 2.87. The monoisotopic (exact) mass is 303 g/mol. The predicted molar refractivity (Wildman–Crippen MR) is 73.8 cm³/mol. The van der Waals surface area contributed by atoms with Crippen molar-refractivity contribution in [3.05, 3.63) is 12.0 Å². The first-order valence-corrected chi connectivity index (χ1v) is 7.94. The Hall–Kier alpha value is -1.41. The molecule has 8 heteroatoms. The van der Waals surface area contributed by atoms with Gasteiger partial charge in [0.15, 0.2) is 5.03 Å². The molecule has 0 saturated heterocycles. The van der Waals surface area contributed by atoms with Gasteiger partial charge in [-0.25, -0.2) is 13.4 Å². The number of nitrogens with one attached hydrogen (secondary N) is 1. The number of hydrogen-bond acceptors (Lipinski definition) is 4. The number of imidazole rings is 1. The maximum absolute atomic E-state index is 12.2. The van der Waals surface area contributed by atoms with Crippen LogP contribution < -0.4 is 4.72 Å². The molecule has 0 aromatic carbocycles. The van der Waals surface area contributed by atoms with Gasteiger partial charge in [0.25, 0.3) is 10.0 Å². The molecule has 1 atom stereocenters. The fraction of sp³-hybridized carbons (Fsp3) is 0.667. The molecule has 0 aliphatic rings. The Kier molecular flexibility index (Phi) is 5.29. The summed E-state index contributed by atoms with van der Waals surface area (Å²) in [6.07, 6.45) is 1.63. The summed E-state index contributed by atoms with van der Waals surface area (Å²) in [5.41, 5.74) is 0. The largest absolute Gasteiger partial charge is 0.480 e. The molecule has 20 heavy (non-hydrogen) atoms. The molecule has 0 aliphatic heterocycles. The lowest BCUT2D eigenvalue weighted by molar-refractivity contribution is -0.139. The van der Waals surface area contributed by atoms with Gasteiger partial charge in [-0.05, 0) is 26.2 Å². The number of sulfonamides is 1. The van der Waals surface area contributed by atoms with Crippen LogP contribution in [0.1, 0.15) is 33.0 Å². The zero-order chi connectivity index (χ0) is 15.5. The Balaban J connectivity index is 3.00. The van der Waals surface area contributed by atoms with Crippen molar-refractivity contribution in [3.8, 4) is 0 Å². The molecule has 1 aromatic rings. The van der Waals surface area contributed by atoms with E-state index in [1.165, 1.54) is 6.20 Å². The SMILES string of the molecule is CCn1cc(S(=O)(=O)N[C@@H](CC(C)C)C(=O)O)nc1C. The van der Waals surface area contributed by atoms with Gasteiger partial charge in [0.1, 0.15) is 11.9 Å². The van der Waals surface area contributed by atoms with Crippen LogP contribution in [0.25, 0.3) is 0 Å². The van der Waals surface area contributed by atoms with Gasteiger partial charge in [-0.1, -0.05) is 13.8 Å². The molecule has 0 saturated carbocycles. The molecule has 0 radical (unpaired) electrons. The fourth-order valence-electron chi connectivity index (χ4n) is 1.85. The fourth-order valence-corrected chi connectivity index (χ4v) is 3.06. The predicted octanol–water partition coefficient (Wildman–Crippen LogP) is 0.989. The number of carboxylic acids is 1. The Morgan fingerprint density at radius 3 is 2.50 bits per heavy atom. The minimum atomic E-state index is -3.92. The summed E-state index contributed by atoms with van der Waals surface area (Å²) in [6.45, 7) is 7.84. The Morgan fingerprint density at radius 2 is 2.10 bits per heavy atom. The van der Waals surface area contributed by atoms with Gasteiger partial charge in [-0.3, -0.25) is 4.79 Å². The second kappa shape index (κ2) is 6.36. The highest BCUT2D eigenvalue weighted by atomic mass is 32.2. The third kappa shape index (κ3) is 4.04. The Bertz CT molecular complexity index is 578. The third-order valence-corrected chi connectivity index (χ3v) is 4.21. The standard InChI is InChI=1S/C12H21N3O4S/c1-5-15-7-11(13-9(15)4)20(18,19)14-10(12(16)17)6-8(2)3/h7-8,10,14H,5-6H2,1-4H3,(H,16,17)/t10-/m0/s1. The average Bonchev–Trinajstić information content (AvgIpc) is 2.69. The van der Waals surface area contributed by atoms with E-state index in [4.69, 9.17) is 5.11 Å². The highest BCUT2D eigenvalue weighted by Gasteiger charge is 2.28. The van der Waals surface area contributed by atoms with Crippen LogP contribution in [-0.2, 0) is 21.4 Å². The van der Waals surface area contributed by atoms with Gasteiger partial charge < -0.3 is 9.67 Å². The van der Waals surface area contributed by atoms with Crippen molar-refractivity contribution in [2.45, 2.75) is 51.7 Å². The van der Waals surface area contributed by atoms with Crippen molar-refractivity contribution in [2.75, 3.05) is 0 Å². The summed E-state index contributed by atoms with van der Waals surface area (Å²) in [5.74, 6) is -0.550. The van der Waals surface area contributed by atoms with Gasteiger partial charge in [0.05, 0.1) is 0 Å². The zero-order valence-electron chi connectivity index (χ0n) is 12.1. The number of aromatic nitrogens is 2. The molecule has 1 aromatic heterocycles. The normalized spacial score (nSPS) is 13.7. The van der Waals surface area contributed by atoms with Gasteiger partial charge in [-0.15, -0.1) is 0 Å². The Morgan fingerprint density at radius 1 is 1.50 bits per heavy atom. The van der Waals surface area contributed by atoms with E-state index in [2.05, 4.69) is 9.71 Å². The lowest BCUT2D eigenvalue weighted by atomic mass is 10.1. The summed E-state index contributed by atoms with van der Waals surface area (Å²) in [7, 11) is -3.92. The highest BCUT2D eigenvalue weighted by molar-refractivity contribution is 7.89. The molecule has 7 nitrogen and oxygen atoms in total. The van der Waals surface area contributed by atoms with Crippen LogP contribution in [0.4, 0.5) is 0 Å². The number of aryl methyl sites for hydroxylation is 2. The van der Waals surface area contributed by atoms with Crippen molar-refractivity contribution in [2.24, 2.45) is 5.92 Å². The molecule has 0 bridgehead atoms. The maximum atomic E-state index is 12.2. The van der Waals surface area contributed by atoms with Crippen LogP contribution in [-0.4, -0.2) is 35.1 Å². The van der Waals surface area contributed by atoms with E-state index in [1.54, 1.807) is 11.5 Å². The summed E-state index contributed by atoms with van der Waals surface area (Å²) in [5, 5.41) is 8.94. The van der Waals surface area contributed by atoms with Crippen LogP contribution in [0.5, 0.6) is 0 Å². The topological polar surface area (TPSA) is 101 Å². The highest BCUT2D eigenvalue weighted by Crippen LogP contribution is 2.12. The first kappa shape index (κ1) is 16.6. The minimum absolute atomic E-state index is 0.0636. The number of nitrogens with zero attached hydrogens (tertiary/aromatic N) is 2. The summed E-state index contributed by atoms with van der Waals surface area (Å²) < 4.78 is 28.2. The summed E-state index contributed by atoms with van der Waals surface area (Å²) >= 11 is 0. The number of rotatable bonds is 7. The van der Waals surface area contributed by atoms with E-state index in [-0.39, 0.29) is 17.4 Å². The van der Waals surface area contributed by atoms with Crippen molar-refractivity contribution in [1.82, 2.24) is 14.3 Å². The molecular weight excluding hydrogens is 282 g/mol. The van der Waals surface area contributed by atoms with Crippen LogP contribution in [0.3, 0.4) is 0 Å². The van der Waals surface area contributed by atoms with Crippen LogP contribution in [0, 0.1) is 12.8 Å². The van der Waals surface area contributed by atoms with Crippen molar-refractivity contribution < 1.29 is 18.3 Å². The molecule has 0 spiro atoms. The quantitative estimate of drug-likeness (QED) is 0.782. The molecule has 0 aliphatic carbocycles. The van der Waals surface area contributed by atoms with E-state index in [0.29, 0.717) is 12.4 Å². The molecule has 1 rings (SSSR count). The maximum Gasteiger partial charge on any atom is 0.321 e. The minimum Gasteiger partial charge on any atom is -0.480 e. The number of carboxylic acid groups (broad SMARTS) is 1. The van der Waals surface area contributed by atoms with Crippen molar-refractivity contribution >= 4 is 16.0 Å². The summed E-state index contributed by atoms with van der Waals surface area (Å²) in [6, 6.07) is -1.15. The van der Waals surface area contributed by atoms with Crippen molar-refractivity contribution in [3.63, 3.8) is 0 Å². The Labute approximate surface area is 119 Å². The number of hydrogen-bond donors (Lipinski definition) is 2. The molecule has 0 fully saturated rings. The van der Waals surface area contributed by atoms with Crippen LogP contribution in [0.15, 0.2) is 11.2 Å². The molecule has 2 N–H and O–H groups in total.